The number of aliphatic hydroxyl groups is 1. The average molecular weight is 365 g/mol. The standard InChI is InChI=1S/C18H18ClFN2O3/c19-14-3-1-12(2-4-14)18(23)13-7-9-21(10-8-13)17-6-5-15(22(24)25)11-16(17)20/h1-6,11,13,18,23H,7-10H2. The first-order valence-corrected chi connectivity index (χ1v) is 8.46. The lowest BCUT2D eigenvalue weighted by Gasteiger charge is -2.35. The number of aliphatic hydroxyl groups excluding tert-OH is 1. The molecule has 0 aromatic heterocycles. The van der Waals surface area contributed by atoms with Gasteiger partial charge in [-0.3, -0.25) is 10.1 Å². The Morgan fingerprint density at radius 3 is 2.40 bits per heavy atom. The van der Waals surface area contributed by atoms with Gasteiger partial charge in [0.05, 0.1) is 22.8 Å². The zero-order valence-corrected chi connectivity index (χ0v) is 14.2. The van der Waals surface area contributed by atoms with Gasteiger partial charge in [-0.25, -0.2) is 4.39 Å². The summed E-state index contributed by atoms with van der Waals surface area (Å²) in [7, 11) is 0. The molecule has 1 fully saturated rings. The summed E-state index contributed by atoms with van der Waals surface area (Å²) in [5.41, 5.74) is 0.934. The maximum atomic E-state index is 14.1. The zero-order chi connectivity index (χ0) is 18.0. The van der Waals surface area contributed by atoms with Gasteiger partial charge in [-0.15, -0.1) is 0 Å². The van der Waals surface area contributed by atoms with Crippen LogP contribution < -0.4 is 4.90 Å². The van der Waals surface area contributed by atoms with Gasteiger partial charge in [0, 0.05) is 24.2 Å². The van der Waals surface area contributed by atoms with Gasteiger partial charge >= 0.3 is 0 Å². The van der Waals surface area contributed by atoms with Crippen molar-refractivity contribution in [2.75, 3.05) is 18.0 Å². The van der Waals surface area contributed by atoms with Gasteiger partial charge in [0.25, 0.3) is 5.69 Å². The number of non-ortho nitro benzene ring substituents is 1. The Bertz CT molecular complexity index is 761. The number of hydrogen-bond donors (Lipinski definition) is 1. The van der Waals surface area contributed by atoms with E-state index in [1.807, 2.05) is 17.0 Å². The molecule has 0 radical (unpaired) electrons. The van der Waals surface area contributed by atoms with Gasteiger partial charge < -0.3 is 10.0 Å². The molecule has 0 amide bonds. The van der Waals surface area contributed by atoms with Crippen molar-refractivity contribution in [2.24, 2.45) is 5.92 Å². The second-order valence-corrected chi connectivity index (χ2v) is 6.65. The maximum Gasteiger partial charge on any atom is 0.272 e. The summed E-state index contributed by atoms with van der Waals surface area (Å²) >= 11 is 5.87. The molecule has 1 unspecified atom stereocenters. The highest BCUT2D eigenvalue weighted by atomic mass is 35.5. The minimum atomic E-state index is -0.610. The third-order valence-corrected chi connectivity index (χ3v) is 4.93. The molecule has 132 valence electrons. The third kappa shape index (κ3) is 3.91. The summed E-state index contributed by atoms with van der Waals surface area (Å²) in [4.78, 5) is 12.0. The highest BCUT2D eigenvalue weighted by Crippen LogP contribution is 2.34. The lowest BCUT2D eigenvalue weighted by molar-refractivity contribution is -0.385. The number of halogens is 2. The SMILES string of the molecule is O=[N+]([O-])c1ccc(N2CCC(C(O)c3ccc(Cl)cc3)CC2)c(F)c1. The van der Waals surface area contributed by atoms with Crippen LogP contribution >= 0.6 is 11.6 Å². The molecule has 2 aromatic rings. The van der Waals surface area contributed by atoms with Crippen LogP contribution in [0.4, 0.5) is 15.8 Å². The molecule has 0 aliphatic carbocycles. The lowest BCUT2D eigenvalue weighted by atomic mass is 9.87. The molecule has 5 nitrogen and oxygen atoms in total. The highest BCUT2D eigenvalue weighted by Gasteiger charge is 2.27. The molecule has 25 heavy (non-hydrogen) atoms. The number of nitro groups is 1. The molecule has 1 saturated heterocycles. The van der Waals surface area contributed by atoms with Crippen LogP contribution in [0.2, 0.25) is 5.02 Å². The molecule has 3 rings (SSSR count). The van der Waals surface area contributed by atoms with Crippen molar-refractivity contribution in [3.05, 3.63) is 69.0 Å². The van der Waals surface area contributed by atoms with Crippen LogP contribution in [-0.4, -0.2) is 23.1 Å². The van der Waals surface area contributed by atoms with Crippen LogP contribution in [0.25, 0.3) is 0 Å². The Balaban J connectivity index is 1.65. The van der Waals surface area contributed by atoms with Crippen LogP contribution in [0.1, 0.15) is 24.5 Å². The molecule has 1 N–H and O–H groups in total. The van der Waals surface area contributed by atoms with Crippen LogP contribution in [0.15, 0.2) is 42.5 Å². The number of nitro benzene ring substituents is 1. The van der Waals surface area contributed by atoms with Crippen LogP contribution in [-0.2, 0) is 0 Å². The van der Waals surface area contributed by atoms with E-state index in [0.717, 1.165) is 11.6 Å². The topological polar surface area (TPSA) is 66.6 Å². The normalized spacial score (nSPS) is 16.7. The first kappa shape index (κ1) is 17.6. The van der Waals surface area contributed by atoms with Crippen LogP contribution in [0, 0.1) is 21.8 Å². The summed E-state index contributed by atoms with van der Waals surface area (Å²) in [5.74, 6) is -0.510. The average Bonchev–Trinajstić information content (AvgIpc) is 2.62. The number of rotatable bonds is 4. The van der Waals surface area contributed by atoms with Gasteiger partial charge in [-0.2, -0.15) is 0 Å². The second kappa shape index (κ2) is 7.37. The molecule has 1 aliphatic heterocycles. The second-order valence-electron chi connectivity index (χ2n) is 6.21. The molecule has 1 atom stereocenters. The Morgan fingerprint density at radius 1 is 1.20 bits per heavy atom. The van der Waals surface area contributed by atoms with Crippen molar-refractivity contribution >= 4 is 23.0 Å². The smallest absolute Gasteiger partial charge is 0.272 e. The fraction of sp³-hybridized carbons (Fsp3) is 0.333. The van der Waals surface area contributed by atoms with Gasteiger partial charge in [-0.1, -0.05) is 23.7 Å². The first-order chi connectivity index (χ1) is 12.0. The quantitative estimate of drug-likeness (QED) is 0.647. The van der Waals surface area contributed by atoms with E-state index in [1.165, 1.54) is 12.1 Å². The molecule has 1 heterocycles. The van der Waals surface area contributed by atoms with Crippen molar-refractivity contribution in [1.29, 1.82) is 0 Å². The number of hydrogen-bond acceptors (Lipinski definition) is 4. The van der Waals surface area contributed by atoms with Gasteiger partial charge in [0.15, 0.2) is 5.82 Å². The monoisotopic (exact) mass is 364 g/mol. The number of piperidine rings is 1. The van der Waals surface area contributed by atoms with Crippen molar-refractivity contribution < 1.29 is 14.4 Å². The van der Waals surface area contributed by atoms with Crippen molar-refractivity contribution in [3.8, 4) is 0 Å². The predicted molar refractivity (Wildman–Crippen MR) is 94.4 cm³/mol. The van der Waals surface area contributed by atoms with Crippen LogP contribution in [0.3, 0.4) is 0 Å². The molecule has 7 heteroatoms. The Morgan fingerprint density at radius 2 is 1.84 bits per heavy atom. The van der Waals surface area contributed by atoms with E-state index in [-0.39, 0.29) is 11.6 Å². The fourth-order valence-corrected chi connectivity index (χ4v) is 3.38. The number of anilines is 1. The molecule has 2 aromatic carbocycles. The van der Waals surface area contributed by atoms with Gasteiger partial charge in [0.2, 0.25) is 0 Å². The van der Waals surface area contributed by atoms with Gasteiger partial charge in [-0.05, 0) is 42.5 Å². The molecule has 0 saturated carbocycles. The van der Waals surface area contributed by atoms with Crippen molar-refractivity contribution in [3.63, 3.8) is 0 Å². The lowest BCUT2D eigenvalue weighted by Crippen LogP contribution is -2.36. The third-order valence-electron chi connectivity index (χ3n) is 4.68. The maximum absolute atomic E-state index is 14.1. The van der Waals surface area contributed by atoms with E-state index in [2.05, 4.69) is 0 Å². The highest BCUT2D eigenvalue weighted by molar-refractivity contribution is 6.30. The Labute approximate surface area is 149 Å². The molecular formula is C18H18ClFN2O3. The van der Waals surface area contributed by atoms with Crippen molar-refractivity contribution in [2.45, 2.75) is 18.9 Å². The predicted octanol–water partition coefficient (Wildman–Crippen LogP) is 4.34. The molecule has 0 spiro atoms. The first-order valence-electron chi connectivity index (χ1n) is 8.08. The molecule has 1 aliphatic rings. The summed E-state index contributed by atoms with van der Waals surface area (Å²) in [6.45, 7) is 1.17. The van der Waals surface area contributed by atoms with E-state index in [4.69, 9.17) is 11.6 Å². The summed E-state index contributed by atoms with van der Waals surface area (Å²) < 4.78 is 14.1. The van der Waals surface area contributed by atoms with Crippen LogP contribution in [0.5, 0.6) is 0 Å². The van der Waals surface area contributed by atoms with E-state index in [0.29, 0.717) is 36.6 Å². The summed E-state index contributed by atoms with van der Waals surface area (Å²) in [5, 5.41) is 21.9. The number of nitrogens with zero attached hydrogens (tertiary/aromatic N) is 2. The fourth-order valence-electron chi connectivity index (χ4n) is 3.25. The summed E-state index contributed by atoms with van der Waals surface area (Å²) in [6.07, 6.45) is 0.835. The van der Waals surface area contributed by atoms with E-state index in [9.17, 15) is 19.6 Å². The largest absolute Gasteiger partial charge is 0.388 e. The van der Waals surface area contributed by atoms with Gasteiger partial charge in [0.1, 0.15) is 0 Å². The molecule has 0 bridgehead atoms. The van der Waals surface area contributed by atoms with E-state index < -0.39 is 16.8 Å². The van der Waals surface area contributed by atoms with E-state index >= 15 is 0 Å². The molecular weight excluding hydrogens is 347 g/mol. The minimum Gasteiger partial charge on any atom is -0.388 e. The van der Waals surface area contributed by atoms with E-state index in [1.54, 1.807) is 12.1 Å². The minimum absolute atomic E-state index is 0.0820. The van der Waals surface area contributed by atoms with Crippen molar-refractivity contribution in [1.82, 2.24) is 0 Å². The summed E-state index contributed by atoms with van der Waals surface area (Å²) in [6, 6.07) is 10.8. The zero-order valence-electron chi connectivity index (χ0n) is 13.4. The Kier molecular flexibility index (Phi) is 5.20. The number of benzene rings is 2. The Hall–Kier alpha value is -2.18.